The molecule has 0 aromatic heterocycles. The van der Waals surface area contributed by atoms with Gasteiger partial charge < -0.3 is 16.4 Å². The lowest BCUT2D eigenvalue weighted by Crippen LogP contribution is -2.19. The number of benzene rings is 3. The SMILES string of the molecule is CNc1ccc(N=Nc2cc3c(S(=O)(=O)O)cc(S(=O)(=O)O)cc3cc2SOOO)c(NC(N)=O)c1. The van der Waals surface area contributed by atoms with Gasteiger partial charge in [0, 0.05) is 18.1 Å². The molecule has 7 N–H and O–H groups in total. The molecule has 18 heteroatoms. The molecule has 36 heavy (non-hydrogen) atoms. The third-order valence-electron chi connectivity index (χ3n) is 4.51. The van der Waals surface area contributed by atoms with Crippen LogP contribution in [0.4, 0.5) is 27.5 Å². The predicted molar refractivity (Wildman–Crippen MR) is 128 cm³/mol. The van der Waals surface area contributed by atoms with Gasteiger partial charge in [-0.05, 0) is 47.9 Å². The number of primary amides is 1. The Bertz CT molecular complexity index is 1580. The second kappa shape index (κ2) is 10.7. The van der Waals surface area contributed by atoms with Crippen LogP contribution in [0.3, 0.4) is 0 Å². The van der Waals surface area contributed by atoms with Crippen molar-refractivity contribution < 1.29 is 45.4 Å². The first-order chi connectivity index (χ1) is 16.8. The third-order valence-corrected chi connectivity index (χ3v) is 6.87. The Balaban J connectivity index is 2.25. The van der Waals surface area contributed by atoms with Gasteiger partial charge >= 0.3 is 6.03 Å². The number of carbonyl (C=O) groups excluding carboxylic acids is 1. The molecular formula is C18H17N5O10S3. The van der Waals surface area contributed by atoms with Gasteiger partial charge in [0.2, 0.25) is 0 Å². The fourth-order valence-electron chi connectivity index (χ4n) is 3.00. The Kier molecular flexibility index (Phi) is 8.11. The van der Waals surface area contributed by atoms with Crippen molar-refractivity contribution in [1.29, 1.82) is 0 Å². The van der Waals surface area contributed by atoms with Crippen LogP contribution in [0.5, 0.6) is 0 Å². The third kappa shape index (κ3) is 6.44. The van der Waals surface area contributed by atoms with E-state index in [0.29, 0.717) is 23.8 Å². The molecule has 0 spiro atoms. The average Bonchev–Trinajstić information content (AvgIpc) is 2.79. The number of nitrogens with zero attached hydrogens (tertiary/aromatic N) is 2. The van der Waals surface area contributed by atoms with E-state index >= 15 is 0 Å². The van der Waals surface area contributed by atoms with Crippen LogP contribution < -0.4 is 16.4 Å². The Morgan fingerprint density at radius 1 is 1.00 bits per heavy atom. The van der Waals surface area contributed by atoms with Crippen LogP contribution in [-0.2, 0) is 29.6 Å². The molecule has 0 aliphatic heterocycles. The lowest BCUT2D eigenvalue weighted by atomic mass is 10.1. The maximum Gasteiger partial charge on any atom is 0.316 e. The monoisotopic (exact) mass is 559 g/mol. The van der Waals surface area contributed by atoms with Gasteiger partial charge in [0.15, 0.2) is 0 Å². The zero-order valence-corrected chi connectivity index (χ0v) is 20.4. The first-order valence-corrected chi connectivity index (χ1v) is 13.0. The summed E-state index contributed by atoms with van der Waals surface area (Å²) < 4.78 is 70.6. The van der Waals surface area contributed by atoms with E-state index in [2.05, 4.69) is 30.2 Å². The molecule has 0 aliphatic carbocycles. The smallest absolute Gasteiger partial charge is 0.316 e. The van der Waals surface area contributed by atoms with Crippen molar-refractivity contribution in [1.82, 2.24) is 0 Å². The van der Waals surface area contributed by atoms with Gasteiger partial charge in [0.05, 0.1) is 27.5 Å². The van der Waals surface area contributed by atoms with Gasteiger partial charge in [-0.1, -0.05) is 5.04 Å². The molecule has 0 aliphatic rings. The van der Waals surface area contributed by atoms with Gasteiger partial charge in [-0.25, -0.2) is 10.1 Å². The van der Waals surface area contributed by atoms with Gasteiger partial charge in [-0.15, -0.1) is 14.6 Å². The van der Waals surface area contributed by atoms with E-state index in [1.54, 1.807) is 13.1 Å². The molecule has 2 amide bonds. The second-order valence-electron chi connectivity index (χ2n) is 6.81. The van der Waals surface area contributed by atoms with Crippen molar-refractivity contribution in [3.63, 3.8) is 0 Å². The number of rotatable bonds is 9. The number of urea groups is 1. The van der Waals surface area contributed by atoms with Crippen molar-refractivity contribution in [2.75, 3.05) is 17.7 Å². The van der Waals surface area contributed by atoms with E-state index in [-0.39, 0.29) is 32.7 Å². The van der Waals surface area contributed by atoms with Crippen LogP contribution >= 0.6 is 12.0 Å². The van der Waals surface area contributed by atoms with Gasteiger partial charge in [0.1, 0.15) is 16.3 Å². The number of fused-ring (bicyclic) bond motifs is 1. The van der Waals surface area contributed by atoms with Gasteiger partial charge in [-0.2, -0.15) is 16.8 Å². The molecule has 0 heterocycles. The number of hydrogen-bond donors (Lipinski definition) is 6. The maximum atomic E-state index is 12.0. The zero-order chi connectivity index (χ0) is 26.7. The zero-order valence-electron chi connectivity index (χ0n) is 17.9. The highest BCUT2D eigenvalue weighted by atomic mass is 32.2. The van der Waals surface area contributed by atoms with Crippen LogP contribution in [0, 0.1) is 0 Å². The van der Waals surface area contributed by atoms with E-state index in [1.807, 2.05) is 0 Å². The van der Waals surface area contributed by atoms with E-state index in [9.17, 15) is 30.7 Å². The predicted octanol–water partition coefficient (Wildman–Crippen LogP) is 3.71. The molecule has 0 radical (unpaired) electrons. The van der Waals surface area contributed by atoms with Crippen LogP contribution in [0.15, 0.2) is 67.4 Å². The van der Waals surface area contributed by atoms with Crippen LogP contribution in [0.1, 0.15) is 0 Å². The number of azo groups is 1. The highest BCUT2D eigenvalue weighted by molar-refractivity contribution is 7.94. The Hall–Kier alpha value is -3.36. The van der Waals surface area contributed by atoms with E-state index < -0.39 is 36.1 Å². The number of hydrogen-bond acceptors (Lipinski definition) is 12. The molecule has 3 rings (SSSR count). The summed E-state index contributed by atoms with van der Waals surface area (Å²) in [5, 5.41) is 25.2. The summed E-state index contributed by atoms with van der Waals surface area (Å²) in [7, 11) is -8.18. The molecule has 0 saturated carbocycles. The van der Waals surface area contributed by atoms with Crippen LogP contribution in [0.2, 0.25) is 0 Å². The van der Waals surface area contributed by atoms with E-state index in [4.69, 9.17) is 11.0 Å². The number of anilines is 2. The molecule has 15 nitrogen and oxygen atoms in total. The van der Waals surface area contributed by atoms with E-state index in [0.717, 1.165) is 12.1 Å². The first-order valence-electron chi connectivity index (χ1n) is 9.35. The molecule has 3 aromatic rings. The Morgan fingerprint density at radius 2 is 1.69 bits per heavy atom. The minimum Gasteiger partial charge on any atom is -0.388 e. The lowest BCUT2D eigenvalue weighted by Gasteiger charge is -2.11. The molecule has 192 valence electrons. The van der Waals surface area contributed by atoms with E-state index in [1.165, 1.54) is 18.2 Å². The molecule has 3 aromatic carbocycles. The standard InChI is InChI=1S/C18H17N5O10S3/c1-20-10-2-3-13(14(6-10)21-18(19)24)22-23-15-8-12-9(5-16(15)34-33-32-25)4-11(35(26,27)28)7-17(12)36(29,30)31/h2-8,20,25H,1H3,(H3,19,21,24)(H,26,27,28)(H,29,30,31). The summed E-state index contributed by atoms with van der Waals surface area (Å²) in [6, 6.07) is 7.57. The first kappa shape index (κ1) is 27.2. The lowest BCUT2D eigenvalue weighted by molar-refractivity contribution is -0.432. The summed E-state index contributed by atoms with van der Waals surface area (Å²) in [5.41, 5.74) is 6.04. The van der Waals surface area contributed by atoms with Crippen molar-refractivity contribution in [3.8, 4) is 0 Å². The molecule has 0 fully saturated rings. The van der Waals surface area contributed by atoms with Crippen molar-refractivity contribution in [2.24, 2.45) is 16.0 Å². The minimum absolute atomic E-state index is 0.0327. The molecule has 0 unspecified atom stereocenters. The number of nitrogens with two attached hydrogens (primary N) is 1. The maximum absolute atomic E-state index is 12.0. The average molecular weight is 560 g/mol. The van der Waals surface area contributed by atoms with Crippen LogP contribution in [-0.4, -0.2) is 44.3 Å². The number of carbonyl (C=O) groups is 1. The normalized spacial score (nSPS) is 12.2. The Labute approximate surface area is 207 Å². The van der Waals surface area contributed by atoms with Gasteiger partial charge in [-0.3, -0.25) is 9.11 Å². The fourth-order valence-corrected chi connectivity index (χ4v) is 4.81. The molecular weight excluding hydrogens is 542 g/mol. The topological polar surface area (TPSA) is 239 Å². The second-order valence-corrected chi connectivity index (χ2v) is 10.4. The minimum atomic E-state index is -4.97. The highest BCUT2D eigenvalue weighted by Crippen LogP contribution is 2.39. The number of nitrogens with one attached hydrogen (secondary N) is 2. The van der Waals surface area contributed by atoms with Crippen molar-refractivity contribution in [2.45, 2.75) is 14.7 Å². The summed E-state index contributed by atoms with van der Waals surface area (Å²) in [6.07, 6.45) is 0. The van der Waals surface area contributed by atoms with Gasteiger partial charge in [0.25, 0.3) is 20.2 Å². The largest absolute Gasteiger partial charge is 0.388 e. The summed E-state index contributed by atoms with van der Waals surface area (Å²) in [4.78, 5) is 9.75. The summed E-state index contributed by atoms with van der Waals surface area (Å²) >= 11 is 0.395. The number of amides is 2. The van der Waals surface area contributed by atoms with Crippen molar-refractivity contribution in [3.05, 3.63) is 42.5 Å². The summed E-state index contributed by atoms with van der Waals surface area (Å²) in [5.74, 6) is 0. The van der Waals surface area contributed by atoms with Crippen LogP contribution in [0.25, 0.3) is 10.8 Å². The Morgan fingerprint density at radius 3 is 2.28 bits per heavy atom. The highest BCUT2D eigenvalue weighted by Gasteiger charge is 2.22. The summed E-state index contributed by atoms with van der Waals surface area (Å²) in [6.45, 7) is 0. The molecule has 0 bridgehead atoms. The molecule has 0 saturated heterocycles. The quantitative estimate of drug-likeness (QED) is 0.0723. The molecule has 0 atom stereocenters. The fraction of sp³-hybridized carbons (Fsp3) is 0.0556. The van der Waals surface area contributed by atoms with Crippen molar-refractivity contribution >= 4 is 71.8 Å².